The van der Waals surface area contributed by atoms with Crippen molar-refractivity contribution < 1.29 is 9.59 Å². The van der Waals surface area contributed by atoms with Gasteiger partial charge in [0.2, 0.25) is 0 Å². The molecule has 0 unspecified atom stereocenters. The van der Waals surface area contributed by atoms with Crippen LogP contribution in [0.1, 0.15) is 16.7 Å². The maximum Gasteiger partial charge on any atom is 0.328 e. The SMILES string of the molecule is CN1C(=O)NC(=O)C1=C(c1ccc(C#N)cc1)c1cc(Cl)cc(Cl)c1. The second-order valence-corrected chi connectivity index (χ2v) is 6.26. The molecular weight excluding hydrogens is 361 g/mol. The smallest absolute Gasteiger partial charge is 0.292 e. The number of imide groups is 1. The van der Waals surface area contributed by atoms with Crippen LogP contribution in [0.3, 0.4) is 0 Å². The quantitative estimate of drug-likeness (QED) is 0.644. The Balaban J connectivity index is 2.30. The molecule has 1 aliphatic rings. The predicted octanol–water partition coefficient (Wildman–Crippen LogP) is 3.81. The summed E-state index contributed by atoms with van der Waals surface area (Å²) in [7, 11) is 1.51. The van der Waals surface area contributed by atoms with E-state index in [4.69, 9.17) is 28.5 Å². The molecule has 2 aromatic rings. The van der Waals surface area contributed by atoms with Crippen molar-refractivity contribution >= 4 is 40.7 Å². The van der Waals surface area contributed by atoms with Crippen molar-refractivity contribution in [1.29, 1.82) is 5.26 Å². The molecule has 0 aliphatic carbocycles. The molecule has 0 spiro atoms. The summed E-state index contributed by atoms with van der Waals surface area (Å²) in [5, 5.41) is 12.0. The van der Waals surface area contributed by atoms with E-state index in [9.17, 15) is 9.59 Å². The van der Waals surface area contributed by atoms with Crippen molar-refractivity contribution in [3.8, 4) is 6.07 Å². The Kier molecular flexibility index (Phi) is 4.49. The zero-order valence-corrected chi connectivity index (χ0v) is 14.5. The monoisotopic (exact) mass is 371 g/mol. The van der Waals surface area contributed by atoms with Crippen LogP contribution in [0, 0.1) is 11.3 Å². The molecule has 0 bridgehead atoms. The van der Waals surface area contributed by atoms with Crippen LogP contribution >= 0.6 is 23.2 Å². The Morgan fingerprint density at radius 3 is 2.12 bits per heavy atom. The fourth-order valence-electron chi connectivity index (χ4n) is 2.62. The molecular formula is C18H11Cl2N3O2. The lowest BCUT2D eigenvalue weighted by atomic mass is 9.94. The molecule has 1 saturated heterocycles. The summed E-state index contributed by atoms with van der Waals surface area (Å²) < 4.78 is 0. The largest absolute Gasteiger partial charge is 0.328 e. The Morgan fingerprint density at radius 1 is 1.04 bits per heavy atom. The van der Waals surface area contributed by atoms with Gasteiger partial charge in [0.15, 0.2) is 0 Å². The molecule has 5 nitrogen and oxygen atoms in total. The Labute approximate surface area is 154 Å². The minimum atomic E-state index is -0.515. The van der Waals surface area contributed by atoms with E-state index in [1.165, 1.54) is 11.9 Å². The number of carbonyl (C=O) groups is 2. The molecule has 1 N–H and O–H groups in total. The molecule has 25 heavy (non-hydrogen) atoms. The van der Waals surface area contributed by atoms with Crippen LogP contribution in [-0.4, -0.2) is 23.9 Å². The lowest BCUT2D eigenvalue weighted by Crippen LogP contribution is -2.24. The van der Waals surface area contributed by atoms with E-state index in [1.807, 2.05) is 6.07 Å². The number of hydrogen-bond acceptors (Lipinski definition) is 3. The molecule has 0 aromatic heterocycles. The highest BCUT2D eigenvalue weighted by atomic mass is 35.5. The number of nitrogens with one attached hydrogen (secondary N) is 1. The molecule has 0 radical (unpaired) electrons. The van der Waals surface area contributed by atoms with E-state index in [0.717, 1.165) is 0 Å². The number of nitriles is 1. The van der Waals surface area contributed by atoms with Crippen LogP contribution < -0.4 is 5.32 Å². The minimum Gasteiger partial charge on any atom is -0.292 e. The van der Waals surface area contributed by atoms with Crippen LogP contribution in [0.5, 0.6) is 0 Å². The van der Waals surface area contributed by atoms with E-state index in [0.29, 0.717) is 32.3 Å². The first kappa shape index (κ1) is 17.0. The van der Waals surface area contributed by atoms with E-state index >= 15 is 0 Å². The van der Waals surface area contributed by atoms with E-state index in [1.54, 1.807) is 42.5 Å². The number of urea groups is 1. The predicted molar refractivity (Wildman–Crippen MR) is 94.9 cm³/mol. The molecule has 124 valence electrons. The number of nitrogens with zero attached hydrogens (tertiary/aromatic N) is 2. The molecule has 0 saturated carbocycles. The minimum absolute atomic E-state index is 0.188. The second kappa shape index (κ2) is 6.60. The van der Waals surface area contributed by atoms with Gasteiger partial charge in [-0.3, -0.25) is 15.0 Å². The molecule has 3 rings (SSSR count). The standard InChI is InChI=1S/C18H11Cl2N3O2/c1-23-16(17(24)22-18(23)25)15(11-4-2-10(9-21)3-5-11)12-6-13(19)8-14(20)7-12/h2-8H,1H3,(H,22,24,25). The van der Waals surface area contributed by atoms with Crippen molar-refractivity contribution in [3.05, 3.63) is 74.9 Å². The third kappa shape index (κ3) is 3.22. The van der Waals surface area contributed by atoms with Gasteiger partial charge < -0.3 is 0 Å². The molecule has 1 aliphatic heterocycles. The Bertz CT molecular complexity index is 939. The van der Waals surface area contributed by atoms with Gasteiger partial charge in [0.05, 0.1) is 11.6 Å². The number of halogens is 2. The van der Waals surface area contributed by atoms with Crippen LogP contribution in [0.15, 0.2) is 48.2 Å². The van der Waals surface area contributed by atoms with Gasteiger partial charge in [-0.1, -0.05) is 35.3 Å². The zero-order valence-electron chi connectivity index (χ0n) is 13.0. The van der Waals surface area contributed by atoms with Crippen molar-refractivity contribution in [2.24, 2.45) is 0 Å². The fourth-order valence-corrected chi connectivity index (χ4v) is 3.15. The highest BCUT2D eigenvalue weighted by molar-refractivity contribution is 6.35. The second-order valence-electron chi connectivity index (χ2n) is 5.39. The van der Waals surface area contributed by atoms with Crippen molar-refractivity contribution in [1.82, 2.24) is 10.2 Å². The van der Waals surface area contributed by atoms with Crippen molar-refractivity contribution in [2.45, 2.75) is 0 Å². The van der Waals surface area contributed by atoms with Crippen LogP contribution in [0.4, 0.5) is 4.79 Å². The van der Waals surface area contributed by atoms with Crippen molar-refractivity contribution in [3.63, 3.8) is 0 Å². The molecule has 1 fully saturated rings. The number of rotatable bonds is 2. The third-order valence-corrected chi connectivity index (χ3v) is 4.20. The summed E-state index contributed by atoms with van der Waals surface area (Å²) in [4.78, 5) is 25.4. The van der Waals surface area contributed by atoms with Crippen LogP contribution in [0.25, 0.3) is 5.57 Å². The number of benzene rings is 2. The first-order chi connectivity index (χ1) is 11.9. The van der Waals surface area contributed by atoms with Crippen LogP contribution in [0.2, 0.25) is 10.0 Å². The summed E-state index contributed by atoms with van der Waals surface area (Å²) in [6, 6.07) is 13.1. The van der Waals surface area contributed by atoms with Gasteiger partial charge >= 0.3 is 6.03 Å². The van der Waals surface area contributed by atoms with Gasteiger partial charge in [-0.15, -0.1) is 0 Å². The number of carbonyl (C=O) groups excluding carboxylic acids is 2. The summed E-state index contributed by atoms with van der Waals surface area (Å²) in [6.45, 7) is 0. The third-order valence-electron chi connectivity index (χ3n) is 3.77. The zero-order chi connectivity index (χ0) is 18.1. The Hall–Kier alpha value is -2.81. The summed E-state index contributed by atoms with van der Waals surface area (Å²) >= 11 is 12.2. The lowest BCUT2D eigenvalue weighted by molar-refractivity contribution is -0.115. The molecule has 1 heterocycles. The fraction of sp³-hybridized carbons (Fsp3) is 0.0556. The van der Waals surface area contributed by atoms with Gasteiger partial charge in [0.1, 0.15) is 5.70 Å². The average Bonchev–Trinajstić information content (AvgIpc) is 2.81. The number of likely N-dealkylation sites (N-methyl/N-ethyl adjacent to an activating group) is 1. The maximum absolute atomic E-state index is 12.3. The van der Waals surface area contributed by atoms with E-state index in [-0.39, 0.29) is 5.70 Å². The summed E-state index contributed by atoms with van der Waals surface area (Å²) in [5.41, 5.74) is 2.42. The van der Waals surface area contributed by atoms with Gasteiger partial charge in [-0.25, -0.2) is 4.79 Å². The summed E-state index contributed by atoms with van der Waals surface area (Å²) in [6.07, 6.45) is 0. The molecule has 3 amide bonds. The van der Waals surface area contributed by atoms with Gasteiger partial charge in [0, 0.05) is 22.7 Å². The lowest BCUT2D eigenvalue weighted by Gasteiger charge is -2.16. The van der Waals surface area contributed by atoms with Gasteiger partial charge in [-0.05, 0) is 41.5 Å². The number of amides is 3. The maximum atomic E-state index is 12.3. The molecule has 2 aromatic carbocycles. The van der Waals surface area contributed by atoms with Crippen LogP contribution in [-0.2, 0) is 4.79 Å². The first-order valence-corrected chi connectivity index (χ1v) is 7.96. The number of hydrogen-bond donors (Lipinski definition) is 1. The first-order valence-electron chi connectivity index (χ1n) is 7.21. The van der Waals surface area contributed by atoms with Crippen molar-refractivity contribution in [2.75, 3.05) is 7.05 Å². The highest BCUT2D eigenvalue weighted by Gasteiger charge is 2.33. The Morgan fingerprint density at radius 2 is 1.64 bits per heavy atom. The highest BCUT2D eigenvalue weighted by Crippen LogP contribution is 2.33. The molecule has 0 atom stereocenters. The average molecular weight is 372 g/mol. The van der Waals surface area contributed by atoms with Gasteiger partial charge in [-0.2, -0.15) is 5.26 Å². The summed E-state index contributed by atoms with van der Waals surface area (Å²) in [5.74, 6) is -0.511. The normalized spacial score (nSPS) is 15.8. The van der Waals surface area contributed by atoms with E-state index < -0.39 is 11.9 Å². The molecule has 7 heteroatoms. The van der Waals surface area contributed by atoms with Gasteiger partial charge in [0.25, 0.3) is 5.91 Å². The van der Waals surface area contributed by atoms with E-state index in [2.05, 4.69) is 5.32 Å². The topological polar surface area (TPSA) is 73.2 Å².